The third-order valence-corrected chi connectivity index (χ3v) is 3.58. The molecule has 1 heterocycles. The zero-order valence-corrected chi connectivity index (χ0v) is 12.1. The number of hydrogen-bond donors (Lipinski definition) is 2. The van der Waals surface area contributed by atoms with E-state index in [9.17, 15) is 4.79 Å². The van der Waals surface area contributed by atoms with Crippen molar-refractivity contribution in [3.63, 3.8) is 0 Å². The number of hydrogen-bond acceptors (Lipinski definition) is 5. The maximum absolute atomic E-state index is 12.0. The molecule has 1 atom stereocenters. The number of nitrogens with two attached hydrogens (primary N) is 1. The molecule has 0 spiro atoms. The van der Waals surface area contributed by atoms with Crippen LogP contribution in [0.2, 0.25) is 0 Å². The number of anilines is 2. The Labute approximate surface area is 122 Å². The van der Waals surface area contributed by atoms with Gasteiger partial charge in [-0.05, 0) is 43.7 Å². The molecule has 2 aromatic rings. The molecule has 0 aliphatic rings. The molecular formula is C14H16N4OS. The molecule has 6 heteroatoms. The second-order valence-electron chi connectivity index (χ2n) is 4.41. The summed E-state index contributed by atoms with van der Waals surface area (Å²) >= 11 is 1.32. The first-order valence-electron chi connectivity index (χ1n) is 6.16. The highest BCUT2D eigenvalue weighted by molar-refractivity contribution is 8.00. The minimum atomic E-state index is -0.282. The molecule has 1 unspecified atom stereocenters. The Hall–Kier alpha value is -2.08. The first-order chi connectivity index (χ1) is 9.54. The van der Waals surface area contributed by atoms with E-state index in [1.54, 1.807) is 36.7 Å². The van der Waals surface area contributed by atoms with Gasteiger partial charge in [0.25, 0.3) is 0 Å². The quantitative estimate of drug-likeness (QED) is 0.513. The Bertz CT molecular complexity index is 583. The molecule has 2 rings (SSSR count). The third-order valence-electron chi connectivity index (χ3n) is 2.59. The maximum Gasteiger partial charge on any atom is 0.237 e. The summed E-state index contributed by atoms with van der Waals surface area (Å²) in [6, 6.07) is 7.03. The van der Waals surface area contributed by atoms with Crippen LogP contribution in [0.5, 0.6) is 0 Å². The molecule has 0 radical (unpaired) electrons. The maximum atomic E-state index is 12.0. The summed E-state index contributed by atoms with van der Waals surface area (Å²) in [5, 5.41) is 3.14. The highest BCUT2D eigenvalue weighted by Crippen LogP contribution is 2.20. The van der Waals surface area contributed by atoms with Crippen molar-refractivity contribution < 1.29 is 4.79 Å². The molecule has 20 heavy (non-hydrogen) atoms. The topological polar surface area (TPSA) is 80.9 Å². The van der Waals surface area contributed by atoms with Gasteiger partial charge in [-0.2, -0.15) is 0 Å². The van der Waals surface area contributed by atoms with Crippen molar-refractivity contribution in [3.05, 3.63) is 42.2 Å². The van der Waals surface area contributed by atoms with E-state index >= 15 is 0 Å². The number of nitrogens with zero attached hydrogens (tertiary/aromatic N) is 2. The molecule has 0 aliphatic carbocycles. The van der Waals surface area contributed by atoms with Gasteiger partial charge < -0.3 is 11.1 Å². The van der Waals surface area contributed by atoms with Gasteiger partial charge in [0.1, 0.15) is 0 Å². The van der Waals surface area contributed by atoms with E-state index in [0.717, 1.165) is 11.3 Å². The molecule has 3 N–H and O–H groups in total. The van der Waals surface area contributed by atoms with Gasteiger partial charge in [0.2, 0.25) is 5.91 Å². The summed E-state index contributed by atoms with van der Waals surface area (Å²) in [6.45, 7) is 3.74. The summed E-state index contributed by atoms with van der Waals surface area (Å²) in [5.74, 6) is -0.0936. The Kier molecular flexibility index (Phi) is 4.57. The highest BCUT2D eigenvalue weighted by atomic mass is 32.2. The second kappa shape index (κ2) is 6.38. The number of aromatic nitrogens is 2. The summed E-state index contributed by atoms with van der Waals surface area (Å²) in [4.78, 5) is 20.4. The number of carbonyl (C=O) groups is 1. The lowest BCUT2D eigenvalue weighted by Gasteiger charge is -2.11. The molecule has 1 aromatic carbocycles. The number of carbonyl (C=O) groups excluding carboxylic acids is 1. The van der Waals surface area contributed by atoms with Crippen LogP contribution < -0.4 is 11.1 Å². The van der Waals surface area contributed by atoms with Gasteiger partial charge in [0.15, 0.2) is 5.16 Å². The standard InChI is InChI=1S/C14H16N4OS/c1-9-7-16-14(17-8-9)20-10(2)13(19)18-12-5-3-11(15)4-6-12/h3-8,10H,15H2,1-2H3,(H,18,19). The van der Waals surface area contributed by atoms with Gasteiger partial charge in [-0.1, -0.05) is 11.8 Å². The molecular weight excluding hydrogens is 272 g/mol. The van der Waals surface area contributed by atoms with E-state index in [-0.39, 0.29) is 11.2 Å². The van der Waals surface area contributed by atoms with Crippen LogP contribution >= 0.6 is 11.8 Å². The first kappa shape index (κ1) is 14.3. The van der Waals surface area contributed by atoms with Crippen LogP contribution in [0.1, 0.15) is 12.5 Å². The zero-order valence-electron chi connectivity index (χ0n) is 11.3. The largest absolute Gasteiger partial charge is 0.399 e. The van der Waals surface area contributed by atoms with E-state index in [0.29, 0.717) is 10.8 Å². The smallest absolute Gasteiger partial charge is 0.237 e. The van der Waals surface area contributed by atoms with Gasteiger partial charge >= 0.3 is 0 Å². The number of rotatable bonds is 4. The zero-order chi connectivity index (χ0) is 14.5. The van der Waals surface area contributed by atoms with Crippen molar-refractivity contribution in [3.8, 4) is 0 Å². The minimum absolute atomic E-state index is 0.0936. The number of nitrogen functional groups attached to an aromatic ring is 1. The average Bonchev–Trinajstić information content (AvgIpc) is 2.44. The van der Waals surface area contributed by atoms with Crippen LogP contribution in [0.4, 0.5) is 11.4 Å². The lowest BCUT2D eigenvalue weighted by atomic mass is 10.3. The molecule has 0 saturated carbocycles. The molecule has 1 aromatic heterocycles. The molecule has 0 bridgehead atoms. The summed E-state index contributed by atoms with van der Waals surface area (Å²) in [5.41, 5.74) is 7.98. The van der Waals surface area contributed by atoms with Crippen LogP contribution in [0.15, 0.2) is 41.8 Å². The minimum Gasteiger partial charge on any atom is -0.399 e. The van der Waals surface area contributed by atoms with Crippen LogP contribution in [0.25, 0.3) is 0 Å². The van der Waals surface area contributed by atoms with Crippen LogP contribution in [0, 0.1) is 6.92 Å². The Morgan fingerprint density at radius 2 is 1.85 bits per heavy atom. The fraction of sp³-hybridized carbons (Fsp3) is 0.214. The van der Waals surface area contributed by atoms with Gasteiger partial charge in [-0.15, -0.1) is 0 Å². The SMILES string of the molecule is Cc1cnc(SC(C)C(=O)Nc2ccc(N)cc2)nc1. The van der Waals surface area contributed by atoms with Crippen molar-refractivity contribution in [1.29, 1.82) is 0 Å². The van der Waals surface area contributed by atoms with Gasteiger partial charge in [0, 0.05) is 23.8 Å². The molecule has 0 aliphatic heterocycles. The molecule has 1 amide bonds. The fourth-order valence-corrected chi connectivity index (χ4v) is 2.17. The van der Waals surface area contributed by atoms with E-state index in [4.69, 9.17) is 5.73 Å². The van der Waals surface area contributed by atoms with Gasteiger partial charge in [-0.3, -0.25) is 4.79 Å². The lowest BCUT2D eigenvalue weighted by molar-refractivity contribution is -0.115. The molecule has 5 nitrogen and oxygen atoms in total. The van der Waals surface area contributed by atoms with E-state index < -0.39 is 0 Å². The van der Waals surface area contributed by atoms with Crippen molar-refractivity contribution in [1.82, 2.24) is 9.97 Å². The predicted octanol–water partition coefficient (Wildman–Crippen LogP) is 2.49. The highest BCUT2D eigenvalue weighted by Gasteiger charge is 2.15. The van der Waals surface area contributed by atoms with Crippen molar-refractivity contribution in [2.24, 2.45) is 0 Å². The van der Waals surface area contributed by atoms with E-state index in [1.165, 1.54) is 11.8 Å². The van der Waals surface area contributed by atoms with Crippen molar-refractivity contribution >= 4 is 29.0 Å². The Balaban J connectivity index is 1.94. The average molecular weight is 288 g/mol. The lowest BCUT2D eigenvalue weighted by Crippen LogP contribution is -2.22. The summed E-state index contributed by atoms with van der Waals surface area (Å²) < 4.78 is 0. The molecule has 0 fully saturated rings. The van der Waals surface area contributed by atoms with Crippen LogP contribution in [0.3, 0.4) is 0 Å². The number of amides is 1. The monoisotopic (exact) mass is 288 g/mol. The number of aryl methyl sites for hydroxylation is 1. The predicted molar refractivity (Wildman–Crippen MR) is 81.6 cm³/mol. The fourth-order valence-electron chi connectivity index (χ4n) is 1.46. The van der Waals surface area contributed by atoms with Crippen molar-refractivity contribution in [2.45, 2.75) is 24.3 Å². The van der Waals surface area contributed by atoms with Crippen molar-refractivity contribution in [2.75, 3.05) is 11.1 Å². The second-order valence-corrected chi connectivity index (χ2v) is 5.72. The van der Waals surface area contributed by atoms with Gasteiger partial charge in [0.05, 0.1) is 5.25 Å². The molecule has 0 saturated heterocycles. The number of nitrogens with one attached hydrogen (secondary N) is 1. The number of thioether (sulfide) groups is 1. The summed E-state index contributed by atoms with van der Waals surface area (Å²) in [6.07, 6.45) is 3.47. The first-order valence-corrected chi connectivity index (χ1v) is 7.04. The van der Waals surface area contributed by atoms with Crippen LogP contribution in [-0.4, -0.2) is 21.1 Å². The van der Waals surface area contributed by atoms with E-state index in [2.05, 4.69) is 15.3 Å². The normalized spacial score (nSPS) is 11.9. The van der Waals surface area contributed by atoms with E-state index in [1.807, 2.05) is 13.8 Å². The number of benzene rings is 1. The van der Waals surface area contributed by atoms with Gasteiger partial charge in [-0.25, -0.2) is 9.97 Å². The third kappa shape index (κ3) is 3.96. The molecule has 104 valence electrons. The Morgan fingerprint density at radius 1 is 1.25 bits per heavy atom. The summed E-state index contributed by atoms with van der Waals surface area (Å²) in [7, 11) is 0. The van der Waals surface area contributed by atoms with Crippen LogP contribution in [-0.2, 0) is 4.79 Å². The Morgan fingerprint density at radius 3 is 2.45 bits per heavy atom.